The van der Waals surface area contributed by atoms with E-state index in [1.165, 1.54) is 12.2 Å². The van der Waals surface area contributed by atoms with Crippen molar-refractivity contribution in [3.63, 3.8) is 0 Å². The first-order valence-corrected chi connectivity index (χ1v) is 8.04. The molecule has 4 atom stereocenters. The number of aliphatic hydroxyl groups is 1. The minimum absolute atomic E-state index is 0.300. The van der Waals surface area contributed by atoms with Crippen molar-refractivity contribution in [2.75, 3.05) is 6.54 Å². The number of alkyl halides is 7. The summed E-state index contributed by atoms with van der Waals surface area (Å²) in [6.45, 7) is 7.95. The van der Waals surface area contributed by atoms with E-state index in [1.807, 2.05) is 6.92 Å². The van der Waals surface area contributed by atoms with Gasteiger partial charge in [-0.3, -0.25) is 0 Å². The summed E-state index contributed by atoms with van der Waals surface area (Å²) in [4.78, 5) is 0.306. The van der Waals surface area contributed by atoms with E-state index in [0.29, 0.717) is 24.2 Å². The van der Waals surface area contributed by atoms with Crippen LogP contribution in [0.1, 0.15) is 26.2 Å². The molecule has 0 aliphatic carbocycles. The number of rotatable bonds is 8. The van der Waals surface area contributed by atoms with Crippen LogP contribution in [0.3, 0.4) is 0 Å². The van der Waals surface area contributed by atoms with Gasteiger partial charge in [0.1, 0.15) is 12.6 Å². The number of hydrogen-bond acceptors (Lipinski definition) is 1. The minimum Gasteiger partial charge on any atom is -0.381 e. The maximum atomic E-state index is 13.8. The summed E-state index contributed by atoms with van der Waals surface area (Å²) in [6, 6.07) is -0.830. The highest BCUT2D eigenvalue weighted by molar-refractivity contribution is 5.08. The molecule has 2 nitrogen and oxygen atoms in total. The maximum Gasteiger partial charge on any atom is 0.459 e. The van der Waals surface area contributed by atoms with Gasteiger partial charge in [-0.1, -0.05) is 17.7 Å². The molecule has 0 aromatic heterocycles. The summed E-state index contributed by atoms with van der Waals surface area (Å²) < 4.78 is 90.9. The standard InChI is InChI=1S/C17H22F7NO/c1-4-6-12-8-11(3)9-13(7-5-2)25(12)10-14(26)15(18,19)16(20,21)17(22,23)24/h4-5,8,12-14,26H,1-2,6-7,9-10H2,3H3/p+1/t12-,13+,14-/m0/s1. The first kappa shape index (κ1) is 22.7. The molecule has 1 heterocycles. The lowest BCUT2D eigenvalue weighted by Gasteiger charge is -2.40. The van der Waals surface area contributed by atoms with E-state index in [2.05, 4.69) is 13.2 Å². The summed E-state index contributed by atoms with van der Waals surface area (Å²) in [5, 5.41) is 9.64. The van der Waals surface area contributed by atoms with Gasteiger partial charge >= 0.3 is 18.0 Å². The largest absolute Gasteiger partial charge is 0.459 e. The highest BCUT2D eigenvalue weighted by Gasteiger charge is 2.75. The number of quaternary nitrogens is 1. The van der Waals surface area contributed by atoms with E-state index < -0.39 is 36.7 Å². The van der Waals surface area contributed by atoms with Crippen LogP contribution in [0.25, 0.3) is 0 Å². The molecule has 1 aliphatic rings. The van der Waals surface area contributed by atoms with Crippen LogP contribution < -0.4 is 4.90 Å². The Morgan fingerprint density at radius 1 is 1.15 bits per heavy atom. The molecule has 0 aromatic rings. The Labute approximate surface area is 147 Å². The molecular formula is C17H23F7NO+. The van der Waals surface area contributed by atoms with Gasteiger partial charge in [-0.15, -0.1) is 13.2 Å². The first-order chi connectivity index (χ1) is 11.8. The lowest BCUT2D eigenvalue weighted by Crippen LogP contribution is -3.20. The van der Waals surface area contributed by atoms with Crippen LogP contribution in [-0.2, 0) is 0 Å². The normalized spacial score (nSPS) is 26.2. The van der Waals surface area contributed by atoms with Crippen molar-refractivity contribution in [2.45, 2.75) is 62.4 Å². The average molecular weight is 390 g/mol. The van der Waals surface area contributed by atoms with Gasteiger partial charge in [-0.05, 0) is 13.0 Å². The molecule has 0 saturated carbocycles. The molecule has 1 aliphatic heterocycles. The fraction of sp³-hybridized carbons (Fsp3) is 0.647. The fourth-order valence-electron chi connectivity index (χ4n) is 3.24. The van der Waals surface area contributed by atoms with Crippen molar-refractivity contribution in [1.82, 2.24) is 0 Å². The number of halogens is 7. The van der Waals surface area contributed by atoms with Gasteiger partial charge in [0.2, 0.25) is 0 Å². The van der Waals surface area contributed by atoms with Crippen LogP contribution in [0.4, 0.5) is 30.7 Å². The Hall–Kier alpha value is -1.35. The summed E-state index contributed by atoms with van der Waals surface area (Å²) >= 11 is 0. The average Bonchev–Trinajstić information content (AvgIpc) is 2.49. The Morgan fingerprint density at radius 2 is 1.69 bits per heavy atom. The van der Waals surface area contributed by atoms with Crippen molar-refractivity contribution in [1.29, 1.82) is 0 Å². The van der Waals surface area contributed by atoms with Crippen molar-refractivity contribution >= 4 is 0 Å². The second-order valence-electron chi connectivity index (χ2n) is 6.56. The molecule has 26 heavy (non-hydrogen) atoms. The number of aliphatic hydroxyl groups excluding tert-OH is 1. The SMILES string of the molecule is C=CC[C@@H]1CC(C)=C[C@H](CC=C)[NH+]1C[C@H](O)C(F)(F)C(F)(F)C(F)(F)F. The maximum absolute atomic E-state index is 13.8. The monoisotopic (exact) mass is 390 g/mol. The molecule has 9 heteroatoms. The molecular weight excluding hydrogens is 367 g/mol. The molecule has 1 rings (SSSR count). The van der Waals surface area contributed by atoms with Crippen molar-refractivity contribution < 1.29 is 40.7 Å². The van der Waals surface area contributed by atoms with E-state index in [9.17, 15) is 35.8 Å². The molecule has 0 saturated heterocycles. The molecule has 0 radical (unpaired) electrons. The highest BCUT2D eigenvalue weighted by Crippen LogP contribution is 2.47. The van der Waals surface area contributed by atoms with E-state index in [4.69, 9.17) is 0 Å². The highest BCUT2D eigenvalue weighted by atomic mass is 19.4. The summed E-state index contributed by atoms with van der Waals surface area (Å²) in [5.74, 6) is -12.0. The molecule has 0 amide bonds. The summed E-state index contributed by atoms with van der Waals surface area (Å²) in [5.41, 5.74) is 0.939. The molecule has 0 fully saturated rings. The quantitative estimate of drug-likeness (QED) is 0.483. The third kappa shape index (κ3) is 4.49. The van der Waals surface area contributed by atoms with Gasteiger partial charge in [0.05, 0.1) is 6.04 Å². The zero-order valence-corrected chi connectivity index (χ0v) is 14.3. The van der Waals surface area contributed by atoms with Crippen LogP contribution in [0.2, 0.25) is 0 Å². The zero-order chi connectivity index (χ0) is 20.3. The van der Waals surface area contributed by atoms with Crippen molar-refractivity contribution in [2.24, 2.45) is 0 Å². The molecule has 0 spiro atoms. The Bertz CT molecular complexity index is 542. The van der Waals surface area contributed by atoms with E-state index in [-0.39, 0.29) is 6.04 Å². The Balaban J connectivity index is 3.14. The second-order valence-corrected chi connectivity index (χ2v) is 6.56. The van der Waals surface area contributed by atoms with Crippen molar-refractivity contribution in [3.05, 3.63) is 37.0 Å². The van der Waals surface area contributed by atoms with Crippen LogP contribution in [-0.4, -0.2) is 47.9 Å². The topological polar surface area (TPSA) is 24.7 Å². The van der Waals surface area contributed by atoms with Crippen LogP contribution >= 0.6 is 0 Å². The van der Waals surface area contributed by atoms with Gasteiger partial charge in [-0.25, -0.2) is 0 Å². The van der Waals surface area contributed by atoms with Gasteiger partial charge in [0, 0.05) is 19.3 Å². The van der Waals surface area contributed by atoms with Crippen LogP contribution in [0.15, 0.2) is 37.0 Å². The number of hydrogen-bond donors (Lipinski definition) is 2. The van der Waals surface area contributed by atoms with E-state index in [1.54, 1.807) is 6.08 Å². The molecule has 1 unspecified atom stereocenters. The third-order valence-electron chi connectivity index (χ3n) is 4.55. The van der Waals surface area contributed by atoms with E-state index >= 15 is 0 Å². The minimum atomic E-state index is -6.47. The molecule has 0 bridgehead atoms. The van der Waals surface area contributed by atoms with Crippen LogP contribution in [0, 0.1) is 0 Å². The third-order valence-corrected chi connectivity index (χ3v) is 4.55. The summed E-state index contributed by atoms with van der Waals surface area (Å²) in [6.07, 6.45) is -3.81. The van der Waals surface area contributed by atoms with Gasteiger partial charge in [-0.2, -0.15) is 30.7 Å². The summed E-state index contributed by atoms with van der Waals surface area (Å²) in [7, 11) is 0. The zero-order valence-electron chi connectivity index (χ0n) is 14.3. The van der Waals surface area contributed by atoms with E-state index in [0.717, 1.165) is 5.57 Å². The Morgan fingerprint density at radius 3 is 2.15 bits per heavy atom. The predicted octanol–water partition coefficient (Wildman–Crippen LogP) is 3.30. The van der Waals surface area contributed by atoms with Gasteiger partial charge in [0.15, 0.2) is 6.10 Å². The first-order valence-electron chi connectivity index (χ1n) is 8.04. The van der Waals surface area contributed by atoms with Gasteiger partial charge in [0.25, 0.3) is 0 Å². The second kappa shape index (κ2) is 8.12. The lowest BCUT2D eigenvalue weighted by atomic mass is 9.91. The fourth-order valence-corrected chi connectivity index (χ4v) is 3.24. The number of nitrogens with one attached hydrogen (secondary N) is 1. The Kier molecular flexibility index (Phi) is 7.09. The lowest BCUT2D eigenvalue weighted by molar-refractivity contribution is -0.948. The van der Waals surface area contributed by atoms with Crippen molar-refractivity contribution in [3.8, 4) is 0 Å². The molecule has 2 N–H and O–H groups in total. The molecule has 0 aromatic carbocycles. The predicted molar refractivity (Wildman–Crippen MR) is 83.4 cm³/mol. The van der Waals surface area contributed by atoms with Crippen LogP contribution in [0.5, 0.6) is 0 Å². The smallest absolute Gasteiger partial charge is 0.381 e. The molecule has 150 valence electrons. The van der Waals surface area contributed by atoms with Gasteiger partial charge < -0.3 is 10.0 Å².